The number of hydrogen-bond donors (Lipinski definition) is 1. The van der Waals surface area contributed by atoms with Gasteiger partial charge in [-0.25, -0.2) is 0 Å². The largest absolute Gasteiger partial charge is 0.383 e. The minimum Gasteiger partial charge on any atom is -0.383 e. The summed E-state index contributed by atoms with van der Waals surface area (Å²) in [7, 11) is 1.64. The molecule has 0 fully saturated rings. The molecule has 1 heterocycles. The number of fused-ring (bicyclic) bond motifs is 1. The van der Waals surface area contributed by atoms with Crippen LogP contribution in [-0.2, 0) is 22.7 Å². The van der Waals surface area contributed by atoms with Crippen molar-refractivity contribution in [2.24, 2.45) is 0 Å². The fourth-order valence-electron chi connectivity index (χ4n) is 1.86. The van der Waals surface area contributed by atoms with E-state index in [4.69, 9.17) is 9.47 Å². The van der Waals surface area contributed by atoms with Crippen molar-refractivity contribution in [3.8, 4) is 0 Å². The lowest BCUT2D eigenvalue weighted by molar-refractivity contribution is 0.0950. The molecule has 0 spiro atoms. The summed E-state index contributed by atoms with van der Waals surface area (Å²) in [5.41, 5.74) is 2.95. The zero-order chi connectivity index (χ0) is 13.0. The van der Waals surface area contributed by atoms with Crippen molar-refractivity contribution < 1.29 is 14.3 Å². The summed E-state index contributed by atoms with van der Waals surface area (Å²) in [6.07, 6.45) is 0. The van der Waals surface area contributed by atoms with E-state index in [0.717, 1.165) is 5.56 Å². The Bertz CT molecular complexity index is 436. The number of carbonyl (C=O) groups is 1. The number of halogens is 1. The Labute approximate surface area is 115 Å². The molecule has 0 saturated heterocycles. The van der Waals surface area contributed by atoms with E-state index in [9.17, 15) is 4.79 Å². The molecule has 1 atom stereocenters. The first-order valence-corrected chi connectivity index (χ1v) is 6.73. The van der Waals surface area contributed by atoms with Crippen molar-refractivity contribution in [2.45, 2.75) is 18.0 Å². The number of benzene rings is 1. The molecule has 1 aromatic carbocycles. The summed E-state index contributed by atoms with van der Waals surface area (Å²) in [4.78, 5) is 12.1. The van der Waals surface area contributed by atoms with Gasteiger partial charge in [0.15, 0.2) is 0 Å². The third-order valence-corrected chi connectivity index (χ3v) is 3.40. The minimum atomic E-state index is -0.0646. The Kier molecular flexibility index (Phi) is 4.74. The Morgan fingerprint density at radius 1 is 1.50 bits per heavy atom. The van der Waals surface area contributed by atoms with Crippen LogP contribution in [0.2, 0.25) is 0 Å². The second-order valence-corrected chi connectivity index (χ2v) is 5.53. The third kappa shape index (κ3) is 3.31. The molecule has 1 amide bonds. The average Bonchev–Trinajstić information content (AvgIpc) is 2.83. The van der Waals surface area contributed by atoms with Crippen LogP contribution >= 0.6 is 15.9 Å². The minimum absolute atomic E-state index is 0.0646. The molecular weight excluding hydrogens is 298 g/mol. The van der Waals surface area contributed by atoms with Crippen molar-refractivity contribution in [1.29, 1.82) is 0 Å². The van der Waals surface area contributed by atoms with Crippen molar-refractivity contribution in [2.75, 3.05) is 20.3 Å². The number of methoxy groups -OCH3 is 1. The highest BCUT2D eigenvalue weighted by molar-refractivity contribution is 9.09. The predicted molar refractivity (Wildman–Crippen MR) is 71.9 cm³/mol. The maximum atomic E-state index is 11.9. The van der Waals surface area contributed by atoms with Crippen molar-refractivity contribution in [1.82, 2.24) is 5.32 Å². The van der Waals surface area contributed by atoms with Gasteiger partial charge in [0, 0.05) is 19.2 Å². The number of nitrogens with one attached hydrogen (secondary N) is 1. The van der Waals surface area contributed by atoms with Crippen LogP contribution < -0.4 is 5.32 Å². The Morgan fingerprint density at radius 3 is 3.06 bits per heavy atom. The molecule has 1 aliphatic heterocycles. The molecule has 0 aromatic heterocycles. The molecular formula is C13H16BrNO3. The standard InChI is InChI=1S/C13H16BrNO3/c1-17-8-12(14)5-15-13(16)9-2-3-10-6-18-7-11(10)4-9/h2-4,12H,5-8H2,1H3,(H,15,16). The Morgan fingerprint density at radius 2 is 2.28 bits per heavy atom. The van der Waals surface area contributed by atoms with Crippen LogP contribution in [0.5, 0.6) is 0 Å². The van der Waals surface area contributed by atoms with Crippen LogP contribution in [0, 0.1) is 0 Å². The first kappa shape index (κ1) is 13.5. The van der Waals surface area contributed by atoms with Crippen molar-refractivity contribution in [3.63, 3.8) is 0 Å². The van der Waals surface area contributed by atoms with Gasteiger partial charge in [0.2, 0.25) is 0 Å². The number of ether oxygens (including phenoxy) is 2. The van der Waals surface area contributed by atoms with Gasteiger partial charge < -0.3 is 14.8 Å². The summed E-state index contributed by atoms with van der Waals surface area (Å²) >= 11 is 3.43. The van der Waals surface area contributed by atoms with Gasteiger partial charge >= 0.3 is 0 Å². The third-order valence-electron chi connectivity index (χ3n) is 2.82. The number of rotatable bonds is 5. The number of amides is 1. The molecule has 0 bridgehead atoms. The molecule has 1 unspecified atom stereocenters. The molecule has 5 heteroatoms. The quantitative estimate of drug-likeness (QED) is 0.844. The molecule has 2 rings (SSSR count). The van der Waals surface area contributed by atoms with E-state index in [1.54, 1.807) is 7.11 Å². The fraction of sp³-hybridized carbons (Fsp3) is 0.462. The molecule has 0 radical (unpaired) electrons. The Balaban J connectivity index is 1.93. The number of alkyl halides is 1. The monoisotopic (exact) mass is 313 g/mol. The molecule has 4 nitrogen and oxygen atoms in total. The van der Waals surface area contributed by atoms with E-state index in [-0.39, 0.29) is 10.7 Å². The van der Waals surface area contributed by atoms with Gasteiger partial charge in [-0.3, -0.25) is 4.79 Å². The highest BCUT2D eigenvalue weighted by Crippen LogP contribution is 2.20. The maximum Gasteiger partial charge on any atom is 0.251 e. The zero-order valence-electron chi connectivity index (χ0n) is 10.2. The Hall–Kier alpha value is -0.910. The van der Waals surface area contributed by atoms with E-state index >= 15 is 0 Å². The lowest BCUT2D eigenvalue weighted by Gasteiger charge is -2.10. The first-order valence-electron chi connectivity index (χ1n) is 5.81. The summed E-state index contributed by atoms with van der Waals surface area (Å²) in [5, 5.41) is 2.87. The van der Waals surface area contributed by atoms with Gasteiger partial charge in [-0.1, -0.05) is 22.0 Å². The first-order chi connectivity index (χ1) is 8.70. The van der Waals surface area contributed by atoms with E-state index in [1.165, 1.54) is 5.56 Å². The van der Waals surface area contributed by atoms with Gasteiger partial charge in [-0.05, 0) is 23.3 Å². The van der Waals surface area contributed by atoms with Crippen LogP contribution in [0.1, 0.15) is 21.5 Å². The van der Waals surface area contributed by atoms with Crippen molar-refractivity contribution in [3.05, 3.63) is 34.9 Å². The summed E-state index contributed by atoms with van der Waals surface area (Å²) in [5.74, 6) is -0.0646. The normalized spacial score (nSPS) is 15.2. The van der Waals surface area contributed by atoms with E-state index < -0.39 is 0 Å². The summed E-state index contributed by atoms with van der Waals surface area (Å²) < 4.78 is 10.3. The number of carbonyl (C=O) groups excluding carboxylic acids is 1. The van der Waals surface area contributed by atoms with Gasteiger partial charge in [-0.2, -0.15) is 0 Å². The average molecular weight is 314 g/mol. The van der Waals surface area contributed by atoms with E-state index in [2.05, 4.69) is 21.2 Å². The van der Waals surface area contributed by atoms with Gasteiger partial charge in [0.05, 0.1) is 24.6 Å². The van der Waals surface area contributed by atoms with Crippen LogP contribution in [-0.4, -0.2) is 31.0 Å². The molecule has 1 aromatic rings. The molecule has 98 valence electrons. The second kappa shape index (κ2) is 6.31. The van der Waals surface area contributed by atoms with Crippen molar-refractivity contribution >= 4 is 21.8 Å². The molecule has 18 heavy (non-hydrogen) atoms. The van der Waals surface area contributed by atoms with Gasteiger partial charge in [0.1, 0.15) is 0 Å². The fourth-order valence-corrected chi connectivity index (χ4v) is 2.28. The topological polar surface area (TPSA) is 47.6 Å². The highest BCUT2D eigenvalue weighted by Gasteiger charge is 2.14. The predicted octanol–water partition coefficient (Wildman–Crippen LogP) is 1.86. The highest BCUT2D eigenvalue weighted by atomic mass is 79.9. The number of hydrogen-bond acceptors (Lipinski definition) is 3. The van der Waals surface area contributed by atoms with E-state index in [1.807, 2.05) is 18.2 Å². The molecule has 0 saturated carbocycles. The summed E-state index contributed by atoms with van der Waals surface area (Å²) in [6.45, 7) is 2.36. The SMILES string of the molecule is COCC(Br)CNC(=O)c1ccc2c(c1)COC2. The molecule has 1 aliphatic rings. The van der Waals surface area contributed by atoms with Crippen LogP contribution in [0.3, 0.4) is 0 Å². The second-order valence-electron chi connectivity index (χ2n) is 4.24. The van der Waals surface area contributed by atoms with E-state index in [0.29, 0.717) is 31.9 Å². The smallest absolute Gasteiger partial charge is 0.251 e. The lowest BCUT2D eigenvalue weighted by Crippen LogP contribution is -2.31. The van der Waals surface area contributed by atoms with Crippen LogP contribution in [0.4, 0.5) is 0 Å². The van der Waals surface area contributed by atoms with Gasteiger partial charge in [0.25, 0.3) is 5.91 Å². The summed E-state index contributed by atoms with van der Waals surface area (Å²) in [6, 6.07) is 5.69. The zero-order valence-corrected chi connectivity index (χ0v) is 11.8. The molecule has 1 N–H and O–H groups in total. The maximum absolute atomic E-state index is 11.9. The lowest BCUT2D eigenvalue weighted by atomic mass is 10.1. The van der Waals surface area contributed by atoms with Gasteiger partial charge in [-0.15, -0.1) is 0 Å². The van der Waals surface area contributed by atoms with Crippen LogP contribution in [0.25, 0.3) is 0 Å². The van der Waals surface area contributed by atoms with Crippen LogP contribution in [0.15, 0.2) is 18.2 Å². The molecule has 0 aliphatic carbocycles.